The Labute approximate surface area is 149 Å². The first-order chi connectivity index (χ1) is 12.0. The van der Waals surface area contributed by atoms with Crippen LogP contribution < -0.4 is 0 Å². The molecule has 2 unspecified atom stereocenters. The number of rotatable bonds is 11. The molecule has 140 valence electrons. The molecule has 0 aromatic carbocycles. The molecule has 1 aromatic rings. The van der Waals surface area contributed by atoms with Gasteiger partial charge in [0.25, 0.3) is 0 Å². The maximum atomic E-state index is 12.2. The Morgan fingerprint density at radius 3 is 2.40 bits per heavy atom. The van der Waals surface area contributed by atoms with Gasteiger partial charge in [0, 0.05) is 13.7 Å². The van der Waals surface area contributed by atoms with E-state index in [2.05, 4.69) is 11.9 Å². The van der Waals surface area contributed by atoms with Gasteiger partial charge >= 0.3 is 11.9 Å². The van der Waals surface area contributed by atoms with E-state index in [4.69, 9.17) is 14.2 Å². The summed E-state index contributed by atoms with van der Waals surface area (Å²) in [6, 6.07) is 4.66. The Hall–Kier alpha value is -1.95. The molecule has 25 heavy (non-hydrogen) atoms. The molecule has 0 aliphatic heterocycles. The van der Waals surface area contributed by atoms with Crippen LogP contribution in [0.15, 0.2) is 18.2 Å². The molecule has 0 bridgehead atoms. The van der Waals surface area contributed by atoms with E-state index in [9.17, 15) is 9.59 Å². The van der Waals surface area contributed by atoms with Gasteiger partial charge in [0.05, 0.1) is 6.61 Å². The quantitative estimate of drug-likeness (QED) is 0.447. The first-order valence-electron chi connectivity index (χ1n) is 8.83. The van der Waals surface area contributed by atoms with Crippen LogP contribution in [0, 0.1) is 5.92 Å². The predicted octanol–water partition coefficient (Wildman–Crippen LogP) is 3.65. The number of unbranched alkanes of at least 4 members (excludes halogenated alkanes) is 2. The summed E-state index contributed by atoms with van der Waals surface area (Å²) < 4.78 is 15.6. The molecule has 0 saturated carbocycles. The first-order valence-corrected chi connectivity index (χ1v) is 8.83. The molecule has 0 amide bonds. The molecule has 1 rings (SSSR count). The predicted molar refractivity (Wildman–Crippen MR) is 94.6 cm³/mol. The summed E-state index contributed by atoms with van der Waals surface area (Å²) in [7, 11) is 1.64. The van der Waals surface area contributed by atoms with Crippen LogP contribution in [0.3, 0.4) is 0 Å². The minimum atomic E-state index is -0.544. The first kappa shape index (κ1) is 21.1. The van der Waals surface area contributed by atoms with Crippen LogP contribution in [0.25, 0.3) is 0 Å². The smallest absolute Gasteiger partial charge is 0.357 e. The van der Waals surface area contributed by atoms with Crippen LogP contribution in [0.5, 0.6) is 0 Å². The lowest BCUT2D eigenvalue weighted by Crippen LogP contribution is -2.24. The molecule has 1 heterocycles. The molecule has 0 fully saturated rings. The van der Waals surface area contributed by atoms with E-state index in [-0.39, 0.29) is 23.4 Å². The Balaban J connectivity index is 2.60. The van der Waals surface area contributed by atoms with Crippen molar-refractivity contribution in [1.82, 2.24) is 4.98 Å². The number of pyridine rings is 1. The average Bonchev–Trinajstić information content (AvgIpc) is 2.63. The summed E-state index contributed by atoms with van der Waals surface area (Å²) in [6.45, 7) is 6.88. The average molecular weight is 351 g/mol. The highest BCUT2D eigenvalue weighted by molar-refractivity contribution is 5.91. The van der Waals surface area contributed by atoms with Crippen molar-refractivity contribution >= 4 is 11.9 Å². The van der Waals surface area contributed by atoms with E-state index < -0.39 is 11.9 Å². The van der Waals surface area contributed by atoms with E-state index in [0.717, 1.165) is 25.7 Å². The van der Waals surface area contributed by atoms with Crippen LogP contribution in [-0.2, 0) is 14.2 Å². The number of methoxy groups -OCH3 is 1. The van der Waals surface area contributed by atoms with Gasteiger partial charge in [-0.05, 0) is 37.8 Å². The number of hydrogen-bond acceptors (Lipinski definition) is 6. The molecule has 0 saturated heterocycles. The number of esters is 2. The van der Waals surface area contributed by atoms with E-state index in [0.29, 0.717) is 13.2 Å². The lowest BCUT2D eigenvalue weighted by Gasteiger charge is -2.19. The second-order valence-electron chi connectivity index (χ2n) is 6.12. The summed E-state index contributed by atoms with van der Waals surface area (Å²) in [5.41, 5.74) is 0.222. The molecule has 2 atom stereocenters. The molecular formula is C19H29NO5. The fourth-order valence-corrected chi connectivity index (χ4v) is 2.14. The molecule has 1 aromatic heterocycles. The highest BCUT2D eigenvalue weighted by Gasteiger charge is 2.20. The van der Waals surface area contributed by atoms with Crippen LogP contribution in [0.4, 0.5) is 0 Å². The van der Waals surface area contributed by atoms with E-state index >= 15 is 0 Å². The lowest BCUT2D eigenvalue weighted by molar-refractivity contribution is 0.0167. The monoisotopic (exact) mass is 351 g/mol. The van der Waals surface area contributed by atoms with Gasteiger partial charge in [-0.1, -0.05) is 32.8 Å². The summed E-state index contributed by atoms with van der Waals surface area (Å²) in [4.78, 5) is 28.3. The van der Waals surface area contributed by atoms with Crippen molar-refractivity contribution < 1.29 is 23.8 Å². The van der Waals surface area contributed by atoms with Crippen LogP contribution in [0.2, 0.25) is 0 Å². The molecule has 6 heteroatoms. The zero-order valence-corrected chi connectivity index (χ0v) is 15.6. The molecule has 0 aliphatic carbocycles. The van der Waals surface area contributed by atoms with Crippen molar-refractivity contribution in [3.05, 3.63) is 29.6 Å². The summed E-state index contributed by atoms with van der Waals surface area (Å²) in [6.07, 6.45) is 3.40. The zero-order chi connectivity index (χ0) is 18.7. The van der Waals surface area contributed by atoms with Crippen molar-refractivity contribution in [1.29, 1.82) is 0 Å². The molecular weight excluding hydrogens is 322 g/mol. The molecule has 0 aliphatic rings. The Bertz CT molecular complexity index is 546. The van der Waals surface area contributed by atoms with Crippen LogP contribution in [0.1, 0.15) is 67.4 Å². The summed E-state index contributed by atoms with van der Waals surface area (Å²) >= 11 is 0. The fraction of sp³-hybridized carbons (Fsp3) is 0.632. The zero-order valence-electron chi connectivity index (χ0n) is 15.6. The highest BCUT2D eigenvalue weighted by atomic mass is 16.5. The number of nitrogens with zero attached hydrogens (tertiary/aromatic N) is 1. The van der Waals surface area contributed by atoms with Gasteiger partial charge < -0.3 is 14.2 Å². The summed E-state index contributed by atoms with van der Waals surface area (Å²) in [5, 5.41) is 0. The lowest BCUT2D eigenvalue weighted by atomic mass is 10.0. The second kappa shape index (κ2) is 11.6. The maximum Gasteiger partial charge on any atom is 0.357 e. The van der Waals surface area contributed by atoms with Gasteiger partial charge in [-0.15, -0.1) is 0 Å². The highest BCUT2D eigenvalue weighted by Crippen LogP contribution is 2.14. The number of aromatic nitrogens is 1. The van der Waals surface area contributed by atoms with Crippen LogP contribution in [-0.4, -0.2) is 43.4 Å². The molecule has 0 radical (unpaired) electrons. The molecule has 0 spiro atoms. The Morgan fingerprint density at radius 1 is 1.08 bits per heavy atom. The van der Waals surface area contributed by atoms with Crippen molar-refractivity contribution in [2.75, 3.05) is 20.3 Å². The number of hydrogen-bond donors (Lipinski definition) is 0. The standard InChI is InChI=1S/C19H29NO5/c1-5-6-7-12-24-18(21)16-9-8-10-17(20-16)19(22)25-15(3)14(2)11-13-23-4/h8-10,14-15H,5-7,11-13H2,1-4H3. The minimum absolute atomic E-state index is 0.105. The van der Waals surface area contributed by atoms with Gasteiger partial charge in [-0.2, -0.15) is 0 Å². The fourth-order valence-electron chi connectivity index (χ4n) is 2.14. The van der Waals surface area contributed by atoms with Gasteiger partial charge in [0.15, 0.2) is 0 Å². The Kier molecular flexibility index (Phi) is 9.77. The van der Waals surface area contributed by atoms with E-state index in [1.807, 2.05) is 13.8 Å². The Morgan fingerprint density at radius 2 is 1.76 bits per heavy atom. The maximum absolute atomic E-state index is 12.2. The van der Waals surface area contributed by atoms with E-state index in [1.54, 1.807) is 13.2 Å². The van der Waals surface area contributed by atoms with Crippen molar-refractivity contribution in [2.24, 2.45) is 5.92 Å². The van der Waals surface area contributed by atoms with Crippen molar-refractivity contribution in [3.8, 4) is 0 Å². The largest absolute Gasteiger partial charge is 0.461 e. The normalized spacial score (nSPS) is 13.1. The van der Waals surface area contributed by atoms with Crippen LogP contribution >= 0.6 is 0 Å². The molecule has 0 N–H and O–H groups in total. The third-order valence-electron chi connectivity index (χ3n) is 4.02. The third-order valence-corrected chi connectivity index (χ3v) is 4.02. The summed E-state index contributed by atoms with van der Waals surface area (Å²) in [5.74, 6) is -0.903. The molecule has 6 nitrogen and oxygen atoms in total. The van der Waals surface area contributed by atoms with Gasteiger partial charge in [0.2, 0.25) is 0 Å². The third kappa shape index (κ3) is 7.65. The second-order valence-corrected chi connectivity index (χ2v) is 6.12. The van der Waals surface area contributed by atoms with Gasteiger partial charge in [0.1, 0.15) is 17.5 Å². The van der Waals surface area contributed by atoms with Gasteiger partial charge in [-0.25, -0.2) is 14.6 Å². The number of carbonyl (C=O) groups is 2. The van der Waals surface area contributed by atoms with Crippen molar-refractivity contribution in [3.63, 3.8) is 0 Å². The SMILES string of the molecule is CCCCCOC(=O)c1cccc(C(=O)OC(C)C(C)CCOC)n1. The van der Waals surface area contributed by atoms with Crippen molar-refractivity contribution in [2.45, 2.75) is 52.6 Å². The number of ether oxygens (including phenoxy) is 3. The van der Waals surface area contributed by atoms with E-state index in [1.165, 1.54) is 12.1 Å². The number of carbonyl (C=O) groups excluding carboxylic acids is 2. The van der Waals surface area contributed by atoms with Gasteiger partial charge in [-0.3, -0.25) is 0 Å². The minimum Gasteiger partial charge on any atom is -0.461 e. The topological polar surface area (TPSA) is 74.7 Å².